The van der Waals surface area contributed by atoms with E-state index in [1.54, 1.807) is 6.26 Å². The second kappa shape index (κ2) is 7.36. The van der Waals surface area contributed by atoms with Gasteiger partial charge in [0, 0.05) is 34.1 Å². The van der Waals surface area contributed by atoms with Gasteiger partial charge in [0.15, 0.2) is 0 Å². The van der Waals surface area contributed by atoms with Crippen molar-refractivity contribution < 1.29 is 9.00 Å². The molecule has 2 rings (SSSR count). The molecule has 1 atom stereocenters. The van der Waals surface area contributed by atoms with E-state index in [4.69, 9.17) is 0 Å². The van der Waals surface area contributed by atoms with E-state index in [1.165, 1.54) is 5.56 Å². The van der Waals surface area contributed by atoms with Gasteiger partial charge in [-0.15, -0.1) is 0 Å². The summed E-state index contributed by atoms with van der Waals surface area (Å²) in [6.45, 7) is 4.03. The summed E-state index contributed by atoms with van der Waals surface area (Å²) in [5, 5.41) is 2.94. The first-order chi connectivity index (χ1) is 10.5. The number of benzene rings is 2. The monoisotopic (exact) mass is 315 g/mol. The fraction of sp³-hybridized carbons (Fsp3) is 0.278. The van der Waals surface area contributed by atoms with Crippen molar-refractivity contribution in [2.24, 2.45) is 0 Å². The van der Waals surface area contributed by atoms with Crippen LogP contribution in [-0.4, -0.2) is 16.4 Å². The molecular weight excluding hydrogens is 294 g/mol. The highest BCUT2D eigenvalue weighted by atomic mass is 32.2. The molecule has 22 heavy (non-hydrogen) atoms. The van der Waals surface area contributed by atoms with Crippen LogP contribution in [-0.2, 0) is 23.0 Å². The van der Waals surface area contributed by atoms with Crippen LogP contribution in [0, 0.1) is 6.92 Å². The Kier molecular flexibility index (Phi) is 5.50. The van der Waals surface area contributed by atoms with E-state index in [0.717, 1.165) is 23.2 Å². The van der Waals surface area contributed by atoms with Crippen LogP contribution >= 0.6 is 0 Å². The number of aryl methyl sites for hydroxylation is 1. The zero-order chi connectivity index (χ0) is 16.1. The molecule has 0 saturated heterocycles. The first kappa shape index (κ1) is 16.4. The zero-order valence-corrected chi connectivity index (χ0v) is 14.0. The molecule has 2 aromatic carbocycles. The minimum atomic E-state index is -0.900. The molecule has 4 heteroatoms. The van der Waals surface area contributed by atoms with Crippen LogP contribution in [0.1, 0.15) is 34.0 Å². The minimum Gasteiger partial charge on any atom is -0.322 e. The van der Waals surface area contributed by atoms with Crippen LogP contribution in [0.2, 0.25) is 0 Å². The van der Waals surface area contributed by atoms with Crippen molar-refractivity contribution in [1.29, 1.82) is 0 Å². The number of rotatable bonds is 5. The third-order valence-electron chi connectivity index (χ3n) is 3.68. The lowest BCUT2D eigenvalue weighted by Crippen LogP contribution is -2.13. The molecule has 2 aromatic rings. The Morgan fingerprint density at radius 1 is 1.14 bits per heavy atom. The molecule has 3 nitrogen and oxygen atoms in total. The topological polar surface area (TPSA) is 46.2 Å². The quantitative estimate of drug-likeness (QED) is 0.914. The predicted molar refractivity (Wildman–Crippen MR) is 92.7 cm³/mol. The SMILES string of the molecule is CCc1ccc(C(=O)Nc2cccc(C[S@](C)=O)c2C)cc1. The molecule has 0 heterocycles. The summed E-state index contributed by atoms with van der Waals surface area (Å²) >= 11 is 0. The maximum atomic E-state index is 12.3. The summed E-state index contributed by atoms with van der Waals surface area (Å²) in [5.74, 6) is 0.376. The van der Waals surface area contributed by atoms with Gasteiger partial charge in [-0.2, -0.15) is 0 Å². The maximum absolute atomic E-state index is 12.3. The largest absolute Gasteiger partial charge is 0.322 e. The predicted octanol–water partition coefficient (Wildman–Crippen LogP) is 3.69. The number of nitrogens with one attached hydrogen (secondary N) is 1. The smallest absolute Gasteiger partial charge is 0.255 e. The summed E-state index contributed by atoms with van der Waals surface area (Å²) in [4.78, 5) is 12.3. The number of hydrogen-bond donors (Lipinski definition) is 1. The summed E-state index contributed by atoms with van der Waals surface area (Å²) in [6, 6.07) is 13.3. The van der Waals surface area contributed by atoms with E-state index >= 15 is 0 Å². The second-order valence-corrected chi connectivity index (χ2v) is 6.75. The summed E-state index contributed by atoms with van der Waals surface area (Å²) in [6.07, 6.45) is 2.64. The molecule has 1 N–H and O–H groups in total. The summed E-state index contributed by atoms with van der Waals surface area (Å²) in [5.41, 5.74) is 4.59. The first-order valence-corrected chi connectivity index (χ1v) is 9.02. The number of carbonyl (C=O) groups excluding carboxylic acids is 1. The number of anilines is 1. The van der Waals surface area contributed by atoms with Gasteiger partial charge in [-0.05, 0) is 48.2 Å². The van der Waals surface area contributed by atoms with Gasteiger partial charge in [-0.1, -0.05) is 31.2 Å². The molecule has 0 saturated carbocycles. The van der Waals surface area contributed by atoms with Crippen LogP contribution in [0.4, 0.5) is 5.69 Å². The molecule has 0 bridgehead atoms. The summed E-state index contributed by atoms with van der Waals surface area (Å²) in [7, 11) is -0.900. The Labute approximate surface area is 134 Å². The van der Waals surface area contributed by atoms with E-state index in [1.807, 2.05) is 49.4 Å². The average Bonchev–Trinajstić information content (AvgIpc) is 2.51. The highest BCUT2D eigenvalue weighted by Gasteiger charge is 2.10. The molecule has 0 aliphatic carbocycles. The standard InChI is InChI=1S/C18H21NO2S/c1-4-14-8-10-15(11-9-14)18(20)19-17-7-5-6-16(13(17)2)12-22(3)21/h5-11H,4,12H2,1-3H3,(H,19,20)/t22-/m0/s1. The van der Waals surface area contributed by atoms with Gasteiger partial charge in [0.05, 0.1) is 0 Å². The van der Waals surface area contributed by atoms with Crippen molar-refractivity contribution in [3.05, 3.63) is 64.7 Å². The van der Waals surface area contributed by atoms with Gasteiger partial charge in [0.2, 0.25) is 0 Å². The highest BCUT2D eigenvalue weighted by Crippen LogP contribution is 2.21. The van der Waals surface area contributed by atoms with Crippen molar-refractivity contribution in [1.82, 2.24) is 0 Å². The first-order valence-electron chi connectivity index (χ1n) is 7.30. The van der Waals surface area contributed by atoms with Gasteiger partial charge in [0.1, 0.15) is 0 Å². The third-order valence-corrected chi connectivity index (χ3v) is 4.39. The van der Waals surface area contributed by atoms with Gasteiger partial charge >= 0.3 is 0 Å². The Hall–Kier alpha value is -1.94. The second-order valence-electron chi connectivity index (χ2n) is 5.31. The Balaban J connectivity index is 2.18. The van der Waals surface area contributed by atoms with Crippen LogP contribution in [0.25, 0.3) is 0 Å². The van der Waals surface area contributed by atoms with Crippen molar-refractivity contribution in [2.75, 3.05) is 11.6 Å². The van der Waals surface area contributed by atoms with Crippen molar-refractivity contribution >= 4 is 22.4 Å². The van der Waals surface area contributed by atoms with Crippen molar-refractivity contribution in [3.8, 4) is 0 Å². The molecule has 0 radical (unpaired) electrons. The van der Waals surface area contributed by atoms with Gasteiger partial charge in [0.25, 0.3) is 5.91 Å². The summed E-state index contributed by atoms with van der Waals surface area (Å²) < 4.78 is 11.4. The highest BCUT2D eigenvalue weighted by molar-refractivity contribution is 7.83. The van der Waals surface area contributed by atoms with Crippen LogP contribution in [0.15, 0.2) is 42.5 Å². The lowest BCUT2D eigenvalue weighted by atomic mass is 10.1. The number of carbonyl (C=O) groups is 1. The van der Waals surface area contributed by atoms with Crippen LogP contribution < -0.4 is 5.32 Å². The average molecular weight is 315 g/mol. The van der Waals surface area contributed by atoms with E-state index < -0.39 is 10.8 Å². The molecule has 0 aliphatic heterocycles. The lowest BCUT2D eigenvalue weighted by molar-refractivity contribution is 0.102. The van der Waals surface area contributed by atoms with Crippen molar-refractivity contribution in [3.63, 3.8) is 0 Å². The Morgan fingerprint density at radius 2 is 1.82 bits per heavy atom. The third kappa shape index (κ3) is 4.04. The minimum absolute atomic E-state index is 0.125. The maximum Gasteiger partial charge on any atom is 0.255 e. The van der Waals surface area contributed by atoms with E-state index in [2.05, 4.69) is 12.2 Å². The molecule has 116 valence electrons. The lowest BCUT2D eigenvalue weighted by Gasteiger charge is -2.12. The molecule has 0 aromatic heterocycles. The Bertz CT molecular complexity index is 693. The van der Waals surface area contributed by atoms with E-state index in [-0.39, 0.29) is 5.91 Å². The van der Waals surface area contributed by atoms with Crippen molar-refractivity contribution in [2.45, 2.75) is 26.0 Å². The molecule has 0 fully saturated rings. The Morgan fingerprint density at radius 3 is 2.41 bits per heavy atom. The van der Waals surface area contributed by atoms with Crippen LogP contribution in [0.5, 0.6) is 0 Å². The molecule has 0 unspecified atom stereocenters. The van der Waals surface area contributed by atoms with Gasteiger partial charge in [-0.25, -0.2) is 0 Å². The normalized spacial score (nSPS) is 12.0. The van der Waals surface area contributed by atoms with E-state index in [9.17, 15) is 9.00 Å². The molecule has 1 amide bonds. The molecule has 0 spiro atoms. The van der Waals surface area contributed by atoms with Crippen LogP contribution in [0.3, 0.4) is 0 Å². The fourth-order valence-electron chi connectivity index (χ4n) is 2.28. The van der Waals surface area contributed by atoms with E-state index in [0.29, 0.717) is 11.3 Å². The fourth-order valence-corrected chi connectivity index (χ4v) is 3.03. The molecular formula is C18H21NO2S. The number of hydrogen-bond acceptors (Lipinski definition) is 2. The zero-order valence-electron chi connectivity index (χ0n) is 13.2. The molecule has 0 aliphatic rings. The van der Waals surface area contributed by atoms with Gasteiger partial charge in [-0.3, -0.25) is 9.00 Å². The van der Waals surface area contributed by atoms with Gasteiger partial charge < -0.3 is 5.32 Å². The number of amides is 1.